The molecule has 0 aliphatic heterocycles. The van der Waals surface area contributed by atoms with Gasteiger partial charge in [-0.1, -0.05) is 6.58 Å². The molecule has 2 heterocycles. The number of imidazole rings is 1. The van der Waals surface area contributed by atoms with Crippen LogP contribution in [0, 0.1) is 12.7 Å². The highest BCUT2D eigenvalue weighted by Crippen LogP contribution is 2.12. The van der Waals surface area contributed by atoms with Crippen molar-refractivity contribution >= 4 is 30.6 Å². The minimum absolute atomic E-state index is 0.243. The van der Waals surface area contributed by atoms with Gasteiger partial charge in [0, 0.05) is 31.2 Å². The molecule has 0 aliphatic carbocycles. The molecule has 8 heteroatoms. The Morgan fingerprint density at radius 2 is 2.14 bits per heavy atom. The van der Waals surface area contributed by atoms with Crippen LogP contribution in [0.1, 0.15) is 24.0 Å². The van der Waals surface area contributed by atoms with Crippen molar-refractivity contribution < 1.29 is 4.39 Å². The third-order valence-electron chi connectivity index (χ3n) is 3.08. The average molecular weight is 405 g/mol. The number of hydrogen-bond acceptors (Lipinski definition) is 6. The van der Waals surface area contributed by atoms with Crippen molar-refractivity contribution in [2.45, 2.75) is 20.4 Å². The third kappa shape index (κ3) is 10.4. The van der Waals surface area contributed by atoms with Crippen LogP contribution in [-0.4, -0.2) is 34.1 Å². The number of thioether (sulfide) groups is 1. The molecule has 4 N–H and O–H groups in total. The molecule has 0 bridgehead atoms. The molecule has 0 radical (unpaired) electrons. The molecule has 0 atom stereocenters. The zero-order valence-electron chi connectivity index (χ0n) is 16.7. The van der Waals surface area contributed by atoms with Crippen LogP contribution in [0.4, 0.5) is 4.39 Å². The highest BCUT2D eigenvalue weighted by atomic mass is 32.2. The van der Waals surface area contributed by atoms with Gasteiger partial charge in [-0.05, 0) is 56.5 Å². The average Bonchev–Trinajstić information content (AvgIpc) is 3.05. The Labute approximate surface area is 171 Å². The number of rotatable bonds is 6. The minimum atomic E-state index is -0.243. The molecule has 28 heavy (non-hydrogen) atoms. The van der Waals surface area contributed by atoms with E-state index < -0.39 is 0 Å². The number of nitrogens with zero attached hydrogens (tertiary/aromatic N) is 4. The summed E-state index contributed by atoms with van der Waals surface area (Å²) >= 11 is 1.61. The van der Waals surface area contributed by atoms with Gasteiger partial charge in [-0.15, -0.1) is 11.8 Å². The van der Waals surface area contributed by atoms with Crippen molar-refractivity contribution in [1.29, 1.82) is 0 Å². The van der Waals surface area contributed by atoms with Gasteiger partial charge in [-0.2, -0.15) is 0 Å². The molecular weight excluding hydrogens is 375 g/mol. The number of aryl methyl sites for hydroxylation is 1. The summed E-state index contributed by atoms with van der Waals surface area (Å²) in [6.45, 7) is 11.7. The van der Waals surface area contributed by atoms with Gasteiger partial charge in [-0.25, -0.2) is 9.37 Å². The maximum absolute atomic E-state index is 12.3. The molecule has 0 unspecified atom stereocenters. The molecule has 0 aliphatic rings. The minimum Gasteiger partial charge on any atom is -0.402 e. The van der Waals surface area contributed by atoms with E-state index in [9.17, 15) is 4.39 Å². The second-order valence-corrected chi connectivity index (χ2v) is 6.11. The van der Waals surface area contributed by atoms with Crippen LogP contribution < -0.4 is 11.5 Å². The summed E-state index contributed by atoms with van der Waals surface area (Å²) in [4.78, 5) is 11.4. The molecule has 152 valence electrons. The van der Waals surface area contributed by atoms with E-state index in [4.69, 9.17) is 11.5 Å². The monoisotopic (exact) mass is 404 g/mol. The Balaban J connectivity index is 0.000000439. The lowest BCUT2D eigenvalue weighted by Gasteiger charge is -2.03. The first-order valence-electron chi connectivity index (χ1n) is 8.43. The van der Waals surface area contributed by atoms with Gasteiger partial charge in [0.25, 0.3) is 0 Å². The van der Waals surface area contributed by atoms with Crippen molar-refractivity contribution in [3.05, 3.63) is 71.4 Å². The lowest BCUT2D eigenvalue weighted by atomic mass is 10.2. The number of aliphatic imine (C=N–C) groups is 1. The first-order chi connectivity index (χ1) is 13.4. The fourth-order valence-electron chi connectivity index (χ4n) is 1.82. The molecule has 6 nitrogen and oxygen atoms in total. The van der Waals surface area contributed by atoms with Gasteiger partial charge in [0.15, 0.2) is 0 Å². The van der Waals surface area contributed by atoms with Gasteiger partial charge in [0.05, 0.1) is 23.4 Å². The summed E-state index contributed by atoms with van der Waals surface area (Å²) < 4.78 is 14.2. The lowest BCUT2D eigenvalue weighted by Crippen LogP contribution is -2.10. The van der Waals surface area contributed by atoms with E-state index in [2.05, 4.69) is 28.3 Å². The zero-order valence-corrected chi connectivity index (χ0v) is 17.5. The Kier molecular flexibility index (Phi) is 13.9. The second-order valence-electron chi connectivity index (χ2n) is 5.36. The molecule has 0 spiro atoms. The number of halogens is 1. The van der Waals surface area contributed by atoms with Crippen molar-refractivity contribution in [2.75, 3.05) is 12.8 Å². The lowest BCUT2D eigenvalue weighted by molar-refractivity contribution is 0.610. The summed E-state index contributed by atoms with van der Waals surface area (Å²) in [6.07, 6.45) is 10.5. The first-order valence-corrected chi connectivity index (χ1v) is 9.72. The third-order valence-corrected chi connectivity index (χ3v) is 3.47. The topological polar surface area (TPSA) is 95.1 Å². The molecule has 0 aromatic carbocycles. The van der Waals surface area contributed by atoms with Crippen LogP contribution in [0.3, 0.4) is 0 Å². The van der Waals surface area contributed by atoms with E-state index in [0.717, 1.165) is 23.6 Å². The highest BCUT2D eigenvalue weighted by Gasteiger charge is 2.04. The van der Waals surface area contributed by atoms with Crippen LogP contribution in [0.2, 0.25) is 0 Å². The standard InChI is InChI=1S/C10H16N4.C6H6FN.C4H7NS/c1-3-9-10(6-8(2)12)14(5-4-11)7-13-9;1-5-6(7)3-2-4-8-5;1-5-3-4-6-2/h3,6-7H,1,4-5,11-12H2,2H3;2-4H,1H3;3-4H,1H2,2H3/b8-6+;;4-3-. The van der Waals surface area contributed by atoms with Crippen molar-refractivity contribution in [3.63, 3.8) is 0 Å². The summed E-state index contributed by atoms with van der Waals surface area (Å²) in [5.74, 6) is -0.243. The van der Waals surface area contributed by atoms with Gasteiger partial charge < -0.3 is 16.0 Å². The summed E-state index contributed by atoms with van der Waals surface area (Å²) in [7, 11) is 0. The Morgan fingerprint density at radius 3 is 2.54 bits per heavy atom. The predicted molar refractivity (Wildman–Crippen MR) is 120 cm³/mol. The van der Waals surface area contributed by atoms with Crippen molar-refractivity contribution in [1.82, 2.24) is 14.5 Å². The van der Waals surface area contributed by atoms with E-state index in [-0.39, 0.29) is 5.82 Å². The first kappa shape index (κ1) is 25.3. The molecule has 2 aromatic heterocycles. The summed E-state index contributed by atoms with van der Waals surface area (Å²) in [5.41, 5.74) is 14.1. The summed E-state index contributed by atoms with van der Waals surface area (Å²) in [6, 6.07) is 2.96. The van der Waals surface area contributed by atoms with E-state index >= 15 is 0 Å². The molecule has 2 rings (SSSR count). The number of hydrogen-bond donors (Lipinski definition) is 2. The number of aromatic nitrogens is 3. The number of pyridine rings is 1. The quantitative estimate of drug-likeness (QED) is 0.713. The van der Waals surface area contributed by atoms with Gasteiger partial charge >= 0.3 is 0 Å². The Hall–Kier alpha value is -2.71. The maximum Gasteiger partial charge on any atom is 0.144 e. The fourth-order valence-corrected chi connectivity index (χ4v) is 2.03. The van der Waals surface area contributed by atoms with Crippen LogP contribution in [0.15, 0.2) is 53.5 Å². The zero-order chi connectivity index (χ0) is 21.4. The molecule has 0 saturated carbocycles. The Morgan fingerprint density at radius 1 is 1.43 bits per heavy atom. The van der Waals surface area contributed by atoms with Gasteiger partial charge in [0.1, 0.15) is 5.82 Å². The van der Waals surface area contributed by atoms with Crippen molar-refractivity contribution in [3.8, 4) is 0 Å². The van der Waals surface area contributed by atoms with Crippen LogP contribution >= 0.6 is 11.8 Å². The van der Waals surface area contributed by atoms with Crippen LogP contribution in [0.5, 0.6) is 0 Å². The van der Waals surface area contributed by atoms with Gasteiger partial charge in [-0.3, -0.25) is 9.98 Å². The van der Waals surface area contributed by atoms with E-state index in [0.29, 0.717) is 12.2 Å². The molecule has 2 aromatic rings. The SMILES string of the molecule is C=Cc1ncn(CCN)c1/C=C(\C)N.C=N/C=C\SC.Cc1ncccc1F. The molecule has 0 saturated heterocycles. The van der Waals surface area contributed by atoms with Crippen LogP contribution in [0.25, 0.3) is 12.2 Å². The molecule has 0 fully saturated rings. The normalized spacial score (nSPS) is 10.5. The van der Waals surface area contributed by atoms with Crippen LogP contribution in [-0.2, 0) is 6.54 Å². The van der Waals surface area contributed by atoms with Crippen molar-refractivity contribution in [2.24, 2.45) is 16.5 Å². The second kappa shape index (κ2) is 15.4. The number of nitrogens with two attached hydrogens (primary N) is 2. The van der Waals surface area contributed by atoms with Gasteiger partial charge in [0.2, 0.25) is 0 Å². The summed E-state index contributed by atoms with van der Waals surface area (Å²) in [5, 5.41) is 1.87. The largest absolute Gasteiger partial charge is 0.402 e. The van der Waals surface area contributed by atoms with E-state index in [1.807, 2.05) is 29.2 Å². The molecule has 0 amide bonds. The molecular formula is C20H29FN6S. The van der Waals surface area contributed by atoms with E-state index in [1.54, 1.807) is 49.6 Å². The fraction of sp³-hybridized carbons (Fsp3) is 0.250. The number of allylic oxidation sites excluding steroid dienone is 1. The highest BCUT2D eigenvalue weighted by molar-refractivity contribution is 8.01. The smallest absolute Gasteiger partial charge is 0.144 e. The predicted octanol–water partition coefficient (Wildman–Crippen LogP) is 3.85. The maximum atomic E-state index is 12.3. The van der Waals surface area contributed by atoms with E-state index in [1.165, 1.54) is 6.07 Å². The Bertz CT molecular complexity index is 758.